The monoisotopic (exact) mass is 250 g/mol. The highest BCUT2D eigenvalue weighted by Crippen LogP contribution is 2.36. The van der Waals surface area contributed by atoms with Gasteiger partial charge in [-0.2, -0.15) is 0 Å². The Hall–Kier alpha value is -1.55. The number of carboxylic acids is 1. The van der Waals surface area contributed by atoms with E-state index in [4.69, 9.17) is 9.47 Å². The zero-order valence-corrected chi connectivity index (χ0v) is 10.9. The maximum atomic E-state index is 11.4. The molecule has 1 saturated heterocycles. The van der Waals surface area contributed by atoms with Crippen molar-refractivity contribution in [2.24, 2.45) is 5.41 Å². The molecule has 1 aromatic rings. The molecule has 4 heteroatoms. The summed E-state index contributed by atoms with van der Waals surface area (Å²) >= 11 is 0. The topological polar surface area (TPSA) is 55.8 Å². The van der Waals surface area contributed by atoms with E-state index in [-0.39, 0.29) is 13.2 Å². The van der Waals surface area contributed by atoms with Crippen LogP contribution in [0.2, 0.25) is 0 Å². The van der Waals surface area contributed by atoms with Gasteiger partial charge in [-0.1, -0.05) is 6.07 Å². The van der Waals surface area contributed by atoms with Crippen molar-refractivity contribution in [1.29, 1.82) is 0 Å². The third-order valence-electron chi connectivity index (χ3n) is 3.52. The summed E-state index contributed by atoms with van der Waals surface area (Å²) in [5.41, 5.74) is 2.36. The zero-order valence-electron chi connectivity index (χ0n) is 10.9. The smallest absolute Gasteiger partial charge is 0.314 e. The van der Waals surface area contributed by atoms with Crippen LogP contribution in [0, 0.1) is 19.3 Å². The molecular formula is C14H18O4. The minimum atomic E-state index is -0.796. The summed E-state index contributed by atoms with van der Waals surface area (Å²) in [5.74, 6) is -0.0317. The van der Waals surface area contributed by atoms with Crippen molar-refractivity contribution >= 4 is 5.97 Å². The van der Waals surface area contributed by atoms with Gasteiger partial charge >= 0.3 is 5.97 Å². The van der Waals surface area contributed by atoms with Crippen LogP contribution in [-0.4, -0.2) is 31.4 Å². The van der Waals surface area contributed by atoms with Crippen molar-refractivity contribution in [3.05, 3.63) is 28.8 Å². The van der Waals surface area contributed by atoms with Gasteiger partial charge in [-0.05, 0) is 43.0 Å². The second-order valence-corrected chi connectivity index (χ2v) is 5.02. The lowest BCUT2D eigenvalue weighted by molar-refractivity contribution is -0.179. The van der Waals surface area contributed by atoms with Crippen LogP contribution in [0.4, 0.5) is 0 Å². The molecule has 4 nitrogen and oxygen atoms in total. The fraction of sp³-hybridized carbons (Fsp3) is 0.500. The van der Waals surface area contributed by atoms with Crippen molar-refractivity contribution in [3.63, 3.8) is 0 Å². The Bertz CT molecular complexity index is 475. The quantitative estimate of drug-likeness (QED) is 0.887. The number of ether oxygens (including phenoxy) is 2. The van der Waals surface area contributed by atoms with Crippen LogP contribution in [0.3, 0.4) is 0 Å². The summed E-state index contributed by atoms with van der Waals surface area (Å²) < 4.78 is 10.5. The normalized spacial score (nSPS) is 17.1. The molecule has 98 valence electrons. The van der Waals surface area contributed by atoms with Crippen molar-refractivity contribution < 1.29 is 19.4 Å². The molecule has 2 rings (SSSR count). The van der Waals surface area contributed by atoms with E-state index < -0.39 is 11.4 Å². The highest BCUT2D eigenvalue weighted by Gasteiger charge is 2.46. The van der Waals surface area contributed by atoms with Gasteiger partial charge in [0.25, 0.3) is 0 Å². The average Bonchev–Trinajstić information content (AvgIpc) is 2.24. The molecular weight excluding hydrogens is 232 g/mol. The Morgan fingerprint density at radius 1 is 1.44 bits per heavy atom. The van der Waals surface area contributed by atoms with Crippen LogP contribution < -0.4 is 4.74 Å². The van der Waals surface area contributed by atoms with Crippen LogP contribution in [-0.2, 0) is 16.0 Å². The molecule has 1 fully saturated rings. The highest BCUT2D eigenvalue weighted by atomic mass is 16.5. The summed E-state index contributed by atoms with van der Waals surface area (Å²) in [6.45, 7) is 4.54. The maximum Gasteiger partial charge on any atom is 0.314 e. The van der Waals surface area contributed by atoms with Crippen molar-refractivity contribution in [2.75, 3.05) is 20.3 Å². The standard InChI is InChI=1S/C14H18O4/c1-9-4-10(2)11(12(5-9)17-3)6-14(13(15)16)7-18-8-14/h4-5H,6-8H2,1-3H3,(H,15,16). The third-order valence-corrected chi connectivity index (χ3v) is 3.52. The second-order valence-electron chi connectivity index (χ2n) is 5.02. The van der Waals surface area contributed by atoms with E-state index in [1.165, 1.54) is 0 Å². The van der Waals surface area contributed by atoms with Gasteiger partial charge in [0.2, 0.25) is 0 Å². The fourth-order valence-electron chi connectivity index (χ4n) is 2.36. The first-order valence-electron chi connectivity index (χ1n) is 5.94. The summed E-state index contributed by atoms with van der Waals surface area (Å²) in [5, 5.41) is 9.33. The van der Waals surface area contributed by atoms with E-state index in [9.17, 15) is 9.90 Å². The molecule has 1 N–H and O–H groups in total. The summed E-state index contributed by atoms with van der Waals surface area (Å²) in [7, 11) is 1.61. The van der Waals surface area contributed by atoms with Crippen LogP contribution in [0.1, 0.15) is 16.7 Å². The lowest BCUT2D eigenvalue weighted by Crippen LogP contribution is -2.50. The molecule has 1 aromatic carbocycles. The number of carboxylic acid groups (broad SMARTS) is 1. The average molecular weight is 250 g/mol. The second kappa shape index (κ2) is 4.61. The largest absolute Gasteiger partial charge is 0.496 e. The molecule has 0 aliphatic carbocycles. The molecule has 0 aromatic heterocycles. The molecule has 0 unspecified atom stereocenters. The summed E-state index contributed by atoms with van der Waals surface area (Å²) in [6, 6.07) is 3.99. The number of methoxy groups -OCH3 is 1. The van der Waals surface area contributed by atoms with E-state index in [1.807, 2.05) is 26.0 Å². The van der Waals surface area contributed by atoms with Gasteiger partial charge in [0.1, 0.15) is 11.2 Å². The zero-order chi connectivity index (χ0) is 13.3. The number of aryl methyl sites for hydroxylation is 2. The van der Waals surface area contributed by atoms with Crippen molar-refractivity contribution in [1.82, 2.24) is 0 Å². The molecule has 0 spiro atoms. The van der Waals surface area contributed by atoms with E-state index in [1.54, 1.807) is 7.11 Å². The SMILES string of the molecule is COc1cc(C)cc(C)c1CC1(C(=O)O)COC1. The van der Waals surface area contributed by atoms with Gasteiger partial charge < -0.3 is 14.6 Å². The predicted molar refractivity (Wildman–Crippen MR) is 67.1 cm³/mol. The molecule has 1 aliphatic rings. The van der Waals surface area contributed by atoms with E-state index >= 15 is 0 Å². The number of benzene rings is 1. The highest BCUT2D eigenvalue weighted by molar-refractivity contribution is 5.76. The lowest BCUT2D eigenvalue weighted by atomic mass is 9.78. The molecule has 1 aliphatic heterocycles. The summed E-state index contributed by atoms with van der Waals surface area (Å²) in [4.78, 5) is 11.4. The van der Waals surface area contributed by atoms with Gasteiger partial charge in [0.05, 0.1) is 20.3 Å². The number of hydrogen-bond acceptors (Lipinski definition) is 3. The van der Waals surface area contributed by atoms with Gasteiger partial charge in [-0.25, -0.2) is 0 Å². The Kier molecular flexibility index (Phi) is 3.30. The van der Waals surface area contributed by atoms with Crippen molar-refractivity contribution in [3.8, 4) is 5.75 Å². The van der Waals surface area contributed by atoms with Crippen LogP contribution >= 0.6 is 0 Å². The molecule has 0 saturated carbocycles. The fourth-order valence-corrected chi connectivity index (χ4v) is 2.36. The van der Waals surface area contributed by atoms with Crippen molar-refractivity contribution in [2.45, 2.75) is 20.3 Å². The first-order valence-corrected chi connectivity index (χ1v) is 5.94. The number of hydrogen-bond donors (Lipinski definition) is 1. The first-order chi connectivity index (χ1) is 8.48. The van der Waals surface area contributed by atoms with E-state index in [2.05, 4.69) is 0 Å². The van der Waals surface area contributed by atoms with Crippen LogP contribution in [0.5, 0.6) is 5.75 Å². The van der Waals surface area contributed by atoms with Crippen LogP contribution in [0.25, 0.3) is 0 Å². The molecule has 18 heavy (non-hydrogen) atoms. The Labute approximate surface area is 107 Å². The van der Waals surface area contributed by atoms with Gasteiger partial charge in [-0.15, -0.1) is 0 Å². The summed E-state index contributed by atoms with van der Waals surface area (Å²) in [6.07, 6.45) is 0.456. The maximum absolute atomic E-state index is 11.4. The molecule has 0 radical (unpaired) electrons. The van der Waals surface area contributed by atoms with E-state index in [0.717, 1.165) is 22.4 Å². The van der Waals surface area contributed by atoms with Gasteiger partial charge in [-0.3, -0.25) is 4.79 Å². The Morgan fingerprint density at radius 2 is 2.11 bits per heavy atom. The minimum absolute atomic E-state index is 0.277. The minimum Gasteiger partial charge on any atom is -0.496 e. The van der Waals surface area contributed by atoms with Gasteiger partial charge in [0.15, 0.2) is 0 Å². The molecule has 1 heterocycles. The Balaban J connectivity index is 2.36. The Morgan fingerprint density at radius 3 is 2.56 bits per heavy atom. The predicted octanol–water partition coefficient (Wildman–Crippen LogP) is 1.96. The van der Waals surface area contributed by atoms with Crippen LogP contribution in [0.15, 0.2) is 12.1 Å². The molecule has 0 bridgehead atoms. The number of aliphatic carboxylic acids is 1. The lowest BCUT2D eigenvalue weighted by Gasteiger charge is -2.38. The number of rotatable bonds is 4. The van der Waals surface area contributed by atoms with Gasteiger partial charge in [0, 0.05) is 0 Å². The van der Waals surface area contributed by atoms with E-state index in [0.29, 0.717) is 6.42 Å². The first kappa shape index (κ1) is 12.9. The molecule has 0 amide bonds. The molecule has 0 atom stereocenters. The third kappa shape index (κ3) is 2.08. The number of carbonyl (C=O) groups is 1.